The number of hydrogen-bond donors (Lipinski definition) is 3. The summed E-state index contributed by atoms with van der Waals surface area (Å²) in [5, 5.41) is 18.7. The van der Waals surface area contributed by atoms with Crippen molar-refractivity contribution in [3.63, 3.8) is 0 Å². The summed E-state index contributed by atoms with van der Waals surface area (Å²) in [6.07, 6.45) is -1.09. The van der Waals surface area contributed by atoms with Crippen LogP contribution in [0.15, 0.2) is 11.0 Å². The number of methoxy groups -OCH3 is 1. The van der Waals surface area contributed by atoms with Gasteiger partial charge in [-0.1, -0.05) is 12.2 Å². The van der Waals surface area contributed by atoms with Crippen molar-refractivity contribution in [3.05, 3.63) is 26.9 Å². The quantitative estimate of drug-likeness (QED) is 0.501. The SMILES string of the molecule is COC(=O)c1cn([C@@H]2C[C@@H](O)[C@H](CO)O2)c(=O)[nH]c1=S. The second-order valence-electron chi connectivity index (χ2n) is 4.32. The largest absolute Gasteiger partial charge is 0.465 e. The molecule has 2 rings (SSSR count). The smallest absolute Gasteiger partial charge is 0.342 e. The van der Waals surface area contributed by atoms with E-state index in [9.17, 15) is 14.7 Å². The molecule has 0 saturated carbocycles. The summed E-state index contributed by atoms with van der Waals surface area (Å²) in [6, 6.07) is 0. The third-order valence-corrected chi connectivity index (χ3v) is 3.39. The van der Waals surface area contributed by atoms with Crippen LogP contribution in [-0.4, -0.2) is 51.7 Å². The number of rotatable bonds is 3. The summed E-state index contributed by atoms with van der Waals surface area (Å²) >= 11 is 4.89. The van der Waals surface area contributed by atoms with Crippen LogP contribution < -0.4 is 5.69 Å². The Morgan fingerprint density at radius 3 is 2.95 bits per heavy atom. The molecular weight excluding hydrogens is 288 g/mol. The van der Waals surface area contributed by atoms with Crippen molar-refractivity contribution in [3.8, 4) is 0 Å². The van der Waals surface area contributed by atoms with Gasteiger partial charge in [0.15, 0.2) is 0 Å². The average Bonchev–Trinajstić information content (AvgIpc) is 2.79. The molecule has 1 aromatic heterocycles. The van der Waals surface area contributed by atoms with E-state index < -0.39 is 30.1 Å². The molecule has 1 saturated heterocycles. The molecule has 3 N–H and O–H groups in total. The molecule has 8 nitrogen and oxygen atoms in total. The first-order valence-electron chi connectivity index (χ1n) is 5.86. The Kier molecular flexibility index (Phi) is 4.33. The maximum absolute atomic E-state index is 11.9. The van der Waals surface area contributed by atoms with Gasteiger partial charge in [-0.15, -0.1) is 0 Å². The van der Waals surface area contributed by atoms with E-state index in [0.717, 1.165) is 4.57 Å². The number of aliphatic hydroxyl groups is 2. The molecule has 3 atom stereocenters. The fourth-order valence-electron chi connectivity index (χ4n) is 2.00. The van der Waals surface area contributed by atoms with Gasteiger partial charge in [-0.3, -0.25) is 9.55 Å². The number of nitrogens with zero attached hydrogens (tertiary/aromatic N) is 1. The summed E-state index contributed by atoms with van der Waals surface area (Å²) in [5.41, 5.74) is -0.550. The third kappa shape index (κ3) is 2.66. The van der Waals surface area contributed by atoms with E-state index >= 15 is 0 Å². The Hall–Kier alpha value is -1.55. The number of carbonyl (C=O) groups is 1. The predicted octanol–water partition coefficient (Wildman–Crippen LogP) is -0.667. The van der Waals surface area contributed by atoms with Gasteiger partial charge in [0.2, 0.25) is 0 Å². The van der Waals surface area contributed by atoms with E-state index in [0.29, 0.717) is 0 Å². The van der Waals surface area contributed by atoms with Crippen molar-refractivity contribution in [1.82, 2.24) is 9.55 Å². The number of H-pyrrole nitrogens is 1. The number of nitrogens with one attached hydrogen (secondary N) is 1. The van der Waals surface area contributed by atoms with Crippen molar-refractivity contribution in [2.75, 3.05) is 13.7 Å². The summed E-state index contributed by atoms with van der Waals surface area (Å²) in [4.78, 5) is 25.7. The number of aromatic nitrogens is 2. The van der Waals surface area contributed by atoms with E-state index in [1.165, 1.54) is 13.3 Å². The zero-order valence-corrected chi connectivity index (χ0v) is 11.4. The molecule has 0 amide bonds. The lowest BCUT2D eigenvalue weighted by molar-refractivity contribution is -0.0459. The molecule has 1 aliphatic rings. The van der Waals surface area contributed by atoms with E-state index in [2.05, 4.69) is 9.72 Å². The fourth-order valence-corrected chi connectivity index (χ4v) is 2.23. The highest BCUT2D eigenvalue weighted by molar-refractivity contribution is 7.71. The van der Waals surface area contributed by atoms with Gasteiger partial charge in [-0.25, -0.2) is 9.59 Å². The maximum atomic E-state index is 11.9. The topological polar surface area (TPSA) is 114 Å². The van der Waals surface area contributed by atoms with Crippen LogP contribution in [-0.2, 0) is 9.47 Å². The Bertz CT molecular complexity index is 624. The molecule has 2 heterocycles. The molecule has 1 fully saturated rings. The van der Waals surface area contributed by atoms with Gasteiger partial charge in [0.1, 0.15) is 22.5 Å². The number of aromatic amines is 1. The van der Waals surface area contributed by atoms with Gasteiger partial charge in [0.05, 0.1) is 19.8 Å². The Balaban J connectivity index is 2.40. The maximum Gasteiger partial charge on any atom is 0.342 e. The lowest BCUT2D eigenvalue weighted by atomic mass is 10.2. The Labute approximate surface area is 118 Å². The Morgan fingerprint density at radius 1 is 1.70 bits per heavy atom. The highest BCUT2D eigenvalue weighted by Crippen LogP contribution is 2.27. The van der Waals surface area contributed by atoms with Crippen molar-refractivity contribution >= 4 is 18.2 Å². The fraction of sp³-hybridized carbons (Fsp3) is 0.545. The number of carbonyl (C=O) groups excluding carboxylic acids is 1. The predicted molar refractivity (Wildman–Crippen MR) is 68.8 cm³/mol. The van der Waals surface area contributed by atoms with Gasteiger partial charge in [0.25, 0.3) is 0 Å². The molecule has 0 unspecified atom stereocenters. The highest BCUT2D eigenvalue weighted by atomic mass is 32.1. The molecule has 20 heavy (non-hydrogen) atoms. The minimum atomic E-state index is -0.887. The van der Waals surface area contributed by atoms with Crippen molar-refractivity contribution in [2.45, 2.75) is 24.9 Å². The molecule has 0 aromatic carbocycles. The first-order valence-corrected chi connectivity index (χ1v) is 6.27. The first-order chi connectivity index (χ1) is 9.47. The second-order valence-corrected chi connectivity index (χ2v) is 4.72. The molecule has 1 aliphatic heterocycles. The summed E-state index contributed by atoms with van der Waals surface area (Å²) in [5.74, 6) is -0.683. The van der Waals surface area contributed by atoms with Crippen LogP contribution in [0, 0.1) is 4.64 Å². The number of ether oxygens (including phenoxy) is 2. The zero-order chi connectivity index (χ0) is 14.9. The van der Waals surface area contributed by atoms with Crippen LogP contribution in [0.25, 0.3) is 0 Å². The first kappa shape index (κ1) is 14.9. The van der Waals surface area contributed by atoms with Gasteiger partial charge >= 0.3 is 11.7 Å². The Morgan fingerprint density at radius 2 is 2.40 bits per heavy atom. The van der Waals surface area contributed by atoms with Gasteiger partial charge in [-0.05, 0) is 0 Å². The van der Waals surface area contributed by atoms with E-state index in [4.69, 9.17) is 22.1 Å². The molecular formula is C11H14N2O6S. The average molecular weight is 302 g/mol. The van der Waals surface area contributed by atoms with Gasteiger partial charge in [-0.2, -0.15) is 0 Å². The minimum absolute atomic E-state index is 0.0210. The zero-order valence-electron chi connectivity index (χ0n) is 10.6. The van der Waals surface area contributed by atoms with Crippen molar-refractivity contribution in [1.29, 1.82) is 0 Å². The summed E-state index contributed by atoms with van der Waals surface area (Å²) in [6.45, 7) is -0.362. The minimum Gasteiger partial charge on any atom is -0.465 e. The second kappa shape index (κ2) is 5.83. The summed E-state index contributed by atoms with van der Waals surface area (Å²) in [7, 11) is 1.20. The molecule has 110 valence electrons. The summed E-state index contributed by atoms with van der Waals surface area (Å²) < 4.78 is 11.0. The van der Waals surface area contributed by atoms with Crippen LogP contribution in [0.4, 0.5) is 0 Å². The molecule has 9 heteroatoms. The van der Waals surface area contributed by atoms with E-state index in [-0.39, 0.29) is 23.2 Å². The number of hydrogen-bond acceptors (Lipinski definition) is 7. The molecule has 1 aromatic rings. The molecule has 0 spiro atoms. The molecule has 0 radical (unpaired) electrons. The highest BCUT2D eigenvalue weighted by Gasteiger charge is 2.35. The molecule has 0 bridgehead atoms. The lowest BCUT2D eigenvalue weighted by Crippen LogP contribution is -2.29. The van der Waals surface area contributed by atoms with Crippen LogP contribution in [0.3, 0.4) is 0 Å². The number of esters is 1. The van der Waals surface area contributed by atoms with Crippen LogP contribution in [0.1, 0.15) is 23.0 Å². The van der Waals surface area contributed by atoms with E-state index in [1.54, 1.807) is 0 Å². The normalized spacial score (nSPS) is 25.6. The van der Waals surface area contributed by atoms with Crippen molar-refractivity contribution < 1.29 is 24.5 Å². The lowest BCUT2D eigenvalue weighted by Gasteiger charge is -2.15. The number of aliphatic hydroxyl groups excluding tert-OH is 2. The van der Waals surface area contributed by atoms with Gasteiger partial charge in [0, 0.05) is 12.6 Å². The monoisotopic (exact) mass is 302 g/mol. The van der Waals surface area contributed by atoms with Gasteiger partial charge < -0.3 is 19.7 Å². The van der Waals surface area contributed by atoms with Crippen LogP contribution in [0.2, 0.25) is 0 Å². The van der Waals surface area contributed by atoms with E-state index in [1.807, 2.05) is 0 Å². The van der Waals surface area contributed by atoms with Crippen LogP contribution >= 0.6 is 12.2 Å². The third-order valence-electron chi connectivity index (χ3n) is 3.07. The standard InChI is InChI=1S/C11H14N2O6S/c1-18-10(16)5-3-13(11(17)12-9(5)20)8-2-6(15)7(4-14)19-8/h3,6-8,14-15H,2,4H2,1H3,(H,12,17,20)/t6-,7+,8+/m1/s1. The molecule has 0 aliphatic carbocycles. The van der Waals surface area contributed by atoms with Crippen molar-refractivity contribution in [2.24, 2.45) is 0 Å². The van der Waals surface area contributed by atoms with Crippen LogP contribution in [0.5, 0.6) is 0 Å².